The topological polar surface area (TPSA) is 9.23 Å². The van der Waals surface area contributed by atoms with E-state index in [2.05, 4.69) is 91.6 Å². The lowest BCUT2D eigenvalue weighted by molar-refractivity contribution is 0.413. The Kier molecular flexibility index (Phi) is 4.67. The van der Waals surface area contributed by atoms with E-state index in [1.807, 2.05) is 18.2 Å². The van der Waals surface area contributed by atoms with Crippen LogP contribution in [0, 0.1) is 17.8 Å². The Morgan fingerprint density at radius 1 is 0.697 bits per heavy atom. The number of hydrogen-bond acceptors (Lipinski definition) is 1. The van der Waals surface area contributed by atoms with Gasteiger partial charge in [-0.2, -0.15) is 0 Å². The number of hydrogen-bond donors (Lipinski definition) is 0. The summed E-state index contributed by atoms with van der Waals surface area (Å²) >= 11 is 0. The minimum absolute atomic E-state index is 0.378. The molecule has 1 atom stereocenters. The standard InChI is InChI=1S/C32H24O/c1-21-20-28-23(17-16-22-10-4-3-5-11-22)18-19-29(33-2)32(28)30(21)31-26-14-8-6-12-24(26)25-13-7-9-15-27(25)31/h3-15,18-19,21H,20H2,1-2H3/t21-/m0/s1. The molecule has 0 spiro atoms. The van der Waals surface area contributed by atoms with E-state index in [9.17, 15) is 0 Å². The maximum Gasteiger partial charge on any atom is 0.126 e. The van der Waals surface area contributed by atoms with Crippen molar-refractivity contribution in [2.24, 2.45) is 5.92 Å². The lowest BCUT2D eigenvalue weighted by atomic mass is 9.89. The van der Waals surface area contributed by atoms with Crippen LogP contribution in [0.15, 0.2) is 91.0 Å². The number of fused-ring (bicyclic) bond motifs is 4. The summed E-state index contributed by atoms with van der Waals surface area (Å²) in [4.78, 5) is 0. The zero-order valence-corrected chi connectivity index (χ0v) is 18.9. The van der Waals surface area contributed by atoms with E-state index in [1.54, 1.807) is 7.11 Å². The lowest BCUT2D eigenvalue weighted by Gasteiger charge is -2.16. The molecule has 0 heterocycles. The third kappa shape index (κ3) is 3.11. The molecule has 0 bridgehead atoms. The monoisotopic (exact) mass is 424 g/mol. The molecule has 1 heteroatoms. The first kappa shape index (κ1) is 19.6. The summed E-state index contributed by atoms with van der Waals surface area (Å²) in [5, 5.41) is 0. The molecule has 6 rings (SSSR count). The number of rotatable bonds is 1. The maximum atomic E-state index is 5.91. The van der Waals surface area contributed by atoms with Crippen molar-refractivity contribution >= 4 is 11.1 Å². The van der Waals surface area contributed by atoms with Gasteiger partial charge in [-0.3, -0.25) is 0 Å². The second-order valence-electron chi connectivity index (χ2n) is 8.77. The van der Waals surface area contributed by atoms with Crippen molar-refractivity contribution in [1.82, 2.24) is 0 Å². The van der Waals surface area contributed by atoms with Crippen LogP contribution in [0.5, 0.6) is 5.75 Å². The van der Waals surface area contributed by atoms with Crippen molar-refractivity contribution < 1.29 is 4.74 Å². The summed E-state index contributed by atoms with van der Waals surface area (Å²) in [5.74, 6) is 8.12. The van der Waals surface area contributed by atoms with Gasteiger partial charge in [0.1, 0.15) is 5.75 Å². The quantitative estimate of drug-likeness (QED) is 0.258. The summed E-state index contributed by atoms with van der Waals surface area (Å²) in [5.41, 5.74) is 12.6. The molecule has 0 fully saturated rings. The Bertz CT molecular complexity index is 1430. The van der Waals surface area contributed by atoms with E-state index in [4.69, 9.17) is 4.74 Å². The summed E-state index contributed by atoms with van der Waals surface area (Å²) in [6, 6.07) is 31.9. The maximum absolute atomic E-state index is 5.91. The van der Waals surface area contributed by atoms with Crippen LogP contribution in [0.25, 0.3) is 22.3 Å². The third-order valence-corrected chi connectivity index (χ3v) is 6.83. The Hall–Kier alpha value is -4.02. The normalized spacial score (nSPS) is 15.4. The van der Waals surface area contributed by atoms with Gasteiger partial charge >= 0.3 is 0 Å². The molecule has 0 aromatic heterocycles. The third-order valence-electron chi connectivity index (χ3n) is 6.83. The first-order valence-electron chi connectivity index (χ1n) is 11.5. The van der Waals surface area contributed by atoms with Crippen LogP contribution >= 0.6 is 0 Å². The molecule has 1 nitrogen and oxygen atoms in total. The molecule has 158 valence electrons. The van der Waals surface area contributed by atoms with Crippen molar-refractivity contribution in [1.29, 1.82) is 0 Å². The highest BCUT2D eigenvalue weighted by Crippen LogP contribution is 2.53. The molecular formula is C32H24O. The smallest absolute Gasteiger partial charge is 0.126 e. The van der Waals surface area contributed by atoms with Gasteiger partial charge in [0, 0.05) is 16.7 Å². The summed E-state index contributed by atoms with van der Waals surface area (Å²) in [6.07, 6.45) is 0.967. The second-order valence-corrected chi connectivity index (χ2v) is 8.77. The number of methoxy groups -OCH3 is 1. The Labute approximate surface area is 195 Å². The minimum atomic E-state index is 0.378. The molecule has 4 aromatic rings. The first-order chi connectivity index (χ1) is 16.3. The summed E-state index contributed by atoms with van der Waals surface area (Å²) in [6.45, 7) is 2.33. The SMILES string of the molecule is COc1ccc(C#Cc2ccccc2)c2c1C(=C1c3ccccc3-c3ccccc31)[C@@H](C)C2. The molecule has 2 aliphatic rings. The van der Waals surface area contributed by atoms with E-state index >= 15 is 0 Å². The van der Waals surface area contributed by atoms with E-state index in [0.29, 0.717) is 5.92 Å². The molecule has 0 unspecified atom stereocenters. The fourth-order valence-electron chi connectivity index (χ4n) is 5.42. The van der Waals surface area contributed by atoms with Crippen molar-refractivity contribution in [3.63, 3.8) is 0 Å². The van der Waals surface area contributed by atoms with Gasteiger partial charge in [0.2, 0.25) is 0 Å². The molecule has 33 heavy (non-hydrogen) atoms. The minimum Gasteiger partial charge on any atom is -0.496 e. The van der Waals surface area contributed by atoms with Gasteiger partial charge in [-0.25, -0.2) is 0 Å². The van der Waals surface area contributed by atoms with Gasteiger partial charge in [0.15, 0.2) is 0 Å². The lowest BCUT2D eigenvalue weighted by Crippen LogP contribution is -1.98. The van der Waals surface area contributed by atoms with Crippen LogP contribution in [0.1, 0.15) is 40.3 Å². The van der Waals surface area contributed by atoms with E-state index < -0.39 is 0 Å². The molecule has 0 saturated carbocycles. The Morgan fingerprint density at radius 2 is 1.30 bits per heavy atom. The average Bonchev–Trinajstić information content (AvgIpc) is 3.37. The fourth-order valence-corrected chi connectivity index (χ4v) is 5.42. The molecular weight excluding hydrogens is 400 g/mol. The van der Waals surface area contributed by atoms with Crippen LogP contribution in [-0.4, -0.2) is 7.11 Å². The molecule has 0 radical (unpaired) electrons. The predicted molar refractivity (Wildman–Crippen MR) is 136 cm³/mol. The highest BCUT2D eigenvalue weighted by Gasteiger charge is 2.35. The highest BCUT2D eigenvalue weighted by molar-refractivity contribution is 6.12. The largest absolute Gasteiger partial charge is 0.496 e. The summed E-state index contributed by atoms with van der Waals surface area (Å²) in [7, 11) is 1.77. The van der Waals surface area contributed by atoms with Gasteiger partial charge in [-0.15, -0.1) is 0 Å². The van der Waals surface area contributed by atoms with Gasteiger partial charge < -0.3 is 4.74 Å². The van der Waals surface area contributed by atoms with Crippen LogP contribution < -0.4 is 4.74 Å². The zero-order chi connectivity index (χ0) is 22.4. The van der Waals surface area contributed by atoms with Crippen molar-refractivity contribution in [3.05, 3.63) is 124 Å². The molecule has 4 aromatic carbocycles. The van der Waals surface area contributed by atoms with Gasteiger partial charge in [0.05, 0.1) is 7.11 Å². The number of ether oxygens (including phenoxy) is 1. The molecule has 0 amide bonds. The number of allylic oxidation sites excluding steroid dienone is 1. The summed E-state index contributed by atoms with van der Waals surface area (Å²) < 4.78 is 5.91. The van der Waals surface area contributed by atoms with Crippen LogP contribution in [0.3, 0.4) is 0 Å². The molecule has 2 aliphatic carbocycles. The molecule has 0 saturated heterocycles. The van der Waals surface area contributed by atoms with Gasteiger partial charge in [0.25, 0.3) is 0 Å². The van der Waals surface area contributed by atoms with Crippen LogP contribution in [0.2, 0.25) is 0 Å². The van der Waals surface area contributed by atoms with Crippen molar-refractivity contribution in [2.45, 2.75) is 13.3 Å². The van der Waals surface area contributed by atoms with Gasteiger partial charge in [-0.1, -0.05) is 85.5 Å². The van der Waals surface area contributed by atoms with Crippen molar-refractivity contribution in [2.75, 3.05) is 7.11 Å². The average molecular weight is 425 g/mol. The predicted octanol–water partition coefficient (Wildman–Crippen LogP) is 7.23. The van der Waals surface area contributed by atoms with Crippen molar-refractivity contribution in [3.8, 4) is 28.7 Å². The fraction of sp³-hybridized carbons (Fsp3) is 0.125. The van der Waals surface area contributed by atoms with E-state index in [1.165, 1.54) is 44.5 Å². The highest BCUT2D eigenvalue weighted by atomic mass is 16.5. The first-order valence-corrected chi connectivity index (χ1v) is 11.5. The van der Waals surface area contributed by atoms with Crippen LogP contribution in [-0.2, 0) is 6.42 Å². The van der Waals surface area contributed by atoms with E-state index in [0.717, 1.165) is 23.3 Å². The van der Waals surface area contributed by atoms with E-state index in [-0.39, 0.29) is 0 Å². The Morgan fingerprint density at radius 3 is 1.94 bits per heavy atom. The van der Waals surface area contributed by atoms with Crippen LogP contribution in [0.4, 0.5) is 0 Å². The molecule has 0 aliphatic heterocycles. The molecule has 0 N–H and O–H groups in total. The zero-order valence-electron chi connectivity index (χ0n) is 18.9. The number of benzene rings is 4. The van der Waals surface area contributed by atoms with Gasteiger partial charge in [-0.05, 0) is 75.6 Å². The Balaban J connectivity index is 1.62. The second kappa shape index (κ2) is 7.84.